The number of carboxylic acid groups (broad SMARTS) is 1. The van der Waals surface area contributed by atoms with Crippen LogP contribution >= 0.6 is 11.3 Å². The van der Waals surface area contributed by atoms with Crippen molar-refractivity contribution in [3.8, 4) is 17.0 Å². The number of carboxylic acids is 1. The summed E-state index contributed by atoms with van der Waals surface area (Å²) in [5.41, 5.74) is 3.90. The van der Waals surface area contributed by atoms with Gasteiger partial charge in [-0.3, -0.25) is 4.79 Å². The van der Waals surface area contributed by atoms with E-state index in [0.717, 1.165) is 28.1 Å². The van der Waals surface area contributed by atoms with Crippen molar-refractivity contribution in [3.05, 3.63) is 70.0 Å². The van der Waals surface area contributed by atoms with Crippen LogP contribution in [0.5, 0.6) is 5.75 Å². The first-order valence-electron chi connectivity index (χ1n) is 8.81. The molecule has 2 aromatic carbocycles. The molecule has 1 heterocycles. The first-order valence-corrected chi connectivity index (χ1v) is 9.69. The lowest BCUT2D eigenvalue weighted by Crippen LogP contribution is -2.13. The van der Waals surface area contributed by atoms with Crippen molar-refractivity contribution in [1.82, 2.24) is 4.98 Å². The Labute approximate surface area is 163 Å². The van der Waals surface area contributed by atoms with Gasteiger partial charge in [0, 0.05) is 16.5 Å². The number of nitrogens with zero attached hydrogens (tertiary/aromatic N) is 1. The van der Waals surface area contributed by atoms with E-state index in [4.69, 9.17) is 9.84 Å². The molecular weight excluding hydrogens is 358 g/mol. The van der Waals surface area contributed by atoms with E-state index in [1.54, 1.807) is 0 Å². The molecule has 5 heteroatoms. The number of ether oxygens (including phenoxy) is 1. The fraction of sp³-hybridized carbons (Fsp3) is 0.273. The minimum absolute atomic E-state index is 0.0466. The van der Waals surface area contributed by atoms with Crippen LogP contribution in [0.2, 0.25) is 0 Å². The Morgan fingerprint density at radius 2 is 1.89 bits per heavy atom. The van der Waals surface area contributed by atoms with E-state index < -0.39 is 5.97 Å². The number of thiazole rings is 1. The monoisotopic (exact) mass is 381 g/mol. The zero-order chi connectivity index (χ0) is 19.4. The number of aliphatic carboxylic acids is 1. The van der Waals surface area contributed by atoms with Gasteiger partial charge in [0.2, 0.25) is 0 Å². The highest BCUT2D eigenvalue weighted by Crippen LogP contribution is 2.35. The molecule has 3 rings (SSSR count). The molecular formula is C22H23NO3S. The molecule has 0 fully saturated rings. The molecule has 0 spiro atoms. The molecule has 4 nitrogen and oxygen atoms in total. The van der Waals surface area contributed by atoms with E-state index in [0.29, 0.717) is 11.6 Å². The Morgan fingerprint density at radius 1 is 1.15 bits per heavy atom. The Kier molecular flexibility index (Phi) is 5.61. The lowest BCUT2D eigenvalue weighted by atomic mass is 9.85. The molecule has 1 N–H and O–H groups in total. The van der Waals surface area contributed by atoms with Crippen molar-refractivity contribution in [3.63, 3.8) is 0 Å². The number of benzene rings is 2. The van der Waals surface area contributed by atoms with Gasteiger partial charge in [-0.1, -0.05) is 51.1 Å². The summed E-state index contributed by atoms with van der Waals surface area (Å²) < 4.78 is 6.10. The van der Waals surface area contributed by atoms with E-state index in [1.165, 1.54) is 11.3 Å². The standard InChI is InChI=1S/C22H23NO3S/c1-22(2,3)17-11-16(18-14-27-20(23-18)12-21(24)25)9-10-19(17)26-13-15-7-5-4-6-8-15/h4-11,14H,12-13H2,1-3H3,(H,24,25). The molecule has 0 radical (unpaired) electrons. The summed E-state index contributed by atoms with van der Waals surface area (Å²) in [6, 6.07) is 16.1. The zero-order valence-electron chi connectivity index (χ0n) is 15.7. The highest BCUT2D eigenvalue weighted by atomic mass is 32.1. The van der Waals surface area contributed by atoms with Crippen LogP contribution in [-0.4, -0.2) is 16.1 Å². The van der Waals surface area contributed by atoms with Gasteiger partial charge >= 0.3 is 5.97 Å². The van der Waals surface area contributed by atoms with E-state index in [2.05, 4.69) is 31.8 Å². The summed E-state index contributed by atoms with van der Waals surface area (Å²) in [7, 11) is 0. The molecule has 140 valence electrons. The third kappa shape index (κ3) is 4.95. The van der Waals surface area contributed by atoms with E-state index in [9.17, 15) is 4.79 Å². The average molecular weight is 381 g/mol. The number of hydrogen-bond donors (Lipinski definition) is 1. The molecule has 0 aliphatic rings. The molecule has 0 bridgehead atoms. The summed E-state index contributed by atoms with van der Waals surface area (Å²) in [5.74, 6) is -0.00738. The first-order chi connectivity index (χ1) is 12.8. The predicted octanol–water partition coefficient (Wildman–Crippen LogP) is 5.31. The first kappa shape index (κ1) is 19.1. The van der Waals surface area contributed by atoms with Crippen molar-refractivity contribution in [2.75, 3.05) is 0 Å². The van der Waals surface area contributed by atoms with Gasteiger partial charge in [-0.25, -0.2) is 4.98 Å². The van der Waals surface area contributed by atoms with Crippen molar-refractivity contribution in [2.24, 2.45) is 0 Å². The Hall–Kier alpha value is -2.66. The number of aromatic nitrogens is 1. The maximum Gasteiger partial charge on any atom is 0.310 e. The van der Waals surface area contributed by atoms with Crippen LogP contribution in [0.25, 0.3) is 11.3 Å². The van der Waals surface area contributed by atoms with Crippen molar-refractivity contribution < 1.29 is 14.6 Å². The highest BCUT2D eigenvalue weighted by molar-refractivity contribution is 7.10. The molecule has 0 atom stereocenters. The average Bonchev–Trinajstić information content (AvgIpc) is 3.07. The smallest absolute Gasteiger partial charge is 0.310 e. The highest BCUT2D eigenvalue weighted by Gasteiger charge is 2.21. The van der Waals surface area contributed by atoms with Crippen LogP contribution in [0.15, 0.2) is 53.9 Å². The summed E-state index contributed by atoms with van der Waals surface area (Å²) in [4.78, 5) is 15.3. The molecule has 0 aliphatic carbocycles. The fourth-order valence-electron chi connectivity index (χ4n) is 2.79. The van der Waals surface area contributed by atoms with Gasteiger partial charge in [-0.05, 0) is 29.2 Å². The Balaban J connectivity index is 1.87. The van der Waals surface area contributed by atoms with Crippen LogP contribution in [0.3, 0.4) is 0 Å². The zero-order valence-corrected chi connectivity index (χ0v) is 16.5. The number of carbonyl (C=O) groups is 1. The van der Waals surface area contributed by atoms with Crippen LogP contribution in [-0.2, 0) is 23.2 Å². The lowest BCUT2D eigenvalue weighted by Gasteiger charge is -2.23. The Morgan fingerprint density at radius 3 is 2.56 bits per heavy atom. The van der Waals surface area contributed by atoms with Crippen LogP contribution in [0.4, 0.5) is 0 Å². The van der Waals surface area contributed by atoms with Crippen LogP contribution in [0.1, 0.15) is 36.9 Å². The van der Waals surface area contributed by atoms with Crippen molar-refractivity contribution in [2.45, 2.75) is 39.2 Å². The molecule has 0 unspecified atom stereocenters. The van der Waals surface area contributed by atoms with Gasteiger partial charge in [0.05, 0.1) is 12.1 Å². The van der Waals surface area contributed by atoms with E-state index in [1.807, 2.05) is 47.8 Å². The molecule has 0 amide bonds. The molecule has 1 aromatic heterocycles. The summed E-state index contributed by atoms with van der Waals surface area (Å²) in [6.07, 6.45) is -0.0466. The topological polar surface area (TPSA) is 59.4 Å². The van der Waals surface area contributed by atoms with Crippen molar-refractivity contribution >= 4 is 17.3 Å². The normalized spacial score (nSPS) is 11.4. The predicted molar refractivity (Wildman–Crippen MR) is 108 cm³/mol. The second-order valence-electron chi connectivity index (χ2n) is 7.43. The number of rotatable bonds is 6. The molecule has 0 saturated heterocycles. The van der Waals surface area contributed by atoms with Gasteiger partial charge in [0.25, 0.3) is 0 Å². The number of hydrogen-bond acceptors (Lipinski definition) is 4. The second kappa shape index (κ2) is 7.92. The summed E-state index contributed by atoms with van der Waals surface area (Å²) >= 11 is 1.37. The van der Waals surface area contributed by atoms with E-state index >= 15 is 0 Å². The molecule has 3 aromatic rings. The molecule has 0 aliphatic heterocycles. The quantitative estimate of drug-likeness (QED) is 0.628. The maximum atomic E-state index is 10.9. The van der Waals surface area contributed by atoms with Gasteiger partial charge in [-0.15, -0.1) is 11.3 Å². The minimum atomic E-state index is -0.865. The van der Waals surface area contributed by atoms with Gasteiger partial charge < -0.3 is 9.84 Å². The van der Waals surface area contributed by atoms with Crippen LogP contribution < -0.4 is 4.74 Å². The van der Waals surface area contributed by atoms with Gasteiger partial charge in [0.15, 0.2) is 0 Å². The summed E-state index contributed by atoms with van der Waals surface area (Å²) in [6.45, 7) is 6.97. The van der Waals surface area contributed by atoms with E-state index in [-0.39, 0.29) is 11.8 Å². The van der Waals surface area contributed by atoms with Crippen LogP contribution in [0, 0.1) is 0 Å². The molecule has 0 saturated carbocycles. The minimum Gasteiger partial charge on any atom is -0.489 e. The fourth-order valence-corrected chi connectivity index (χ4v) is 3.58. The summed E-state index contributed by atoms with van der Waals surface area (Å²) in [5, 5.41) is 11.5. The van der Waals surface area contributed by atoms with Gasteiger partial charge in [-0.2, -0.15) is 0 Å². The third-order valence-electron chi connectivity index (χ3n) is 4.17. The Bertz CT molecular complexity index is 926. The SMILES string of the molecule is CC(C)(C)c1cc(-c2csc(CC(=O)O)n2)ccc1OCc1ccccc1. The van der Waals surface area contributed by atoms with Gasteiger partial charge in [0.1, 0.15) is 17.4 Å². The van der Waals surface area contributed by atoms with Crippen molar-refractivity contribution in [1.29, 1.82) is 0 Å². The largest absolute Gasteiger partial charge is 0.489 e. The third-order valence-corrected chi connectivity index (χ3v) is 5.02. The molecule has 27 heavy (non-hydrogen) atoms. The second-order valence-corrected chi connectivity index (χ2v) is 8.37. The maximum absolute atomic E-state index is 10.9. The lowest BCUT2D eigenvalue weighted by molar-refractivity contribution is -0.136.